The summed E-state index contributed by atoms with van der Waals surface area (Å²) in [6, 6.07) is 0.610. The van der Waals surface area contributed by atoms with Crippen LogP contribution in [-0.4, -0.2) is 16.1 Å². The molecule has 1 N–H and O–H groups in total. The first kappa shape index (κ1) is 15.1. The van der Waals surface area contributed by atoms with Gasteiger partial charge in [0.1, 0.15) is 0 Å². The number of alkyl halides is 5. The Kier molecular flexibility index (Phi) is 4.46. The van der Waals surface area contributed by atoms with Gasteiger partial charge in [0.2, 0.25) is 0 Å². The first-order valence-electron chi connectivity index (χ1n) is 4.39. The molecule has 0 aliphatic heterocycles. The van der Waals surface area contributed by atoms with E-state index < -0.39 is 45.5 Å². The highest BCUT2D eigenvalue weighted by Gasteiger charge is 2.36. The van der Waals surface area contributed by atoms with Crippen LogP contribution in [-0.2, 0) is 17.4 Å². The molecule has 0 aromatic carbocycles. The van der Waals surface area contributed by atoms with Crippen molar-refractivity contribution in [3.8, 4) is 0 Å². The summed E-state index contributed by atoms with van der Waals surface area (Å²) in [6.07, 6.45) is -8.88. The van der Waals surface area contributed by atoms with Crippen molar-refractivity contribution < 1.29 is 31.9 Å². The van der Waals surface area contributed by atoms with Gasteiger partial charge in [-0.15, -0.1) is 0 Å². The van der Waals surface area contributed by atoms with E-state index in [9.17, 15) is 26.7 Å². The number of carbonyl (C=O) groups is 1. The van der Waals surface area contributed by atoms with Crippen LogP contribution in [0.15, 0.2) is 6.07 Å². The molecule has 1 aromatic rings. The van der Waals surface area contributed by atoms with E-state index >= 15 is 0 Å². The van der Waals surface area contributed by atoms with E-state index in [1.54, 1.807) is 0 Å². The van der Waals surface area contributed by atoms with Crippen LogP contribution in [0.25, 0.3) is 0 Å². The predicted octanol–water partition coefficient (Wildman–Crippen LogP) is 3.27. The van der Waals surface area contributed by atoms with E-state index in [1.807, 2.05) is 0 Å². The third-order valence-corrected chi connectivity index (χ3v) is 2.73. The molecule has 1 heterocycles. The van der Waals surface area contributed by atoms with Crippen LogP contribution in [0.1, 0.15) is 23.4 Å². The molecule has 9 heteroatoms. The predicted molar refractivity (Wildman–Crippen MR) is 58.3 cm³/mol. The van der Waals surface area contributed by atoms with E-state index in [0.717, 1.165) is 0 Å². The summed E-state index contributed by atoms with van der Waals surface area (Å²) in [6.45, 7) is 0. The molecular formula is C9H5F5INO2. The maximum Gasteiger partial charge on any atom is 0.434 e. The molecule has 0 atom stereocenters. The standard InChI is InChI=1S/C9H5F5INO2/c10-8(11)3-1-4(15)7(9(12,13)14)16-5(3)2-6(17)18/h1,8H,2H2,(H,17,18). The maximum absolute atomic E-state index is 12.6. The van der Waals surface area contributed by atoms with Gasteiger partial charge in [-0.1, -0.05) is 0 Å². The number of carboxylic acid groups (broad SMARTS) is 1. The summed E-state index contributed by atoms with van der Waals surface area (Å²) in [5.74, 6) is -1.53. The molecule has 0 bridgehead atoms. The number of pyridine rings is 1. The van der Waals surface area contributed by atoms with E-state index in [1.165, 1.54) is 22.6 Å². The molecule has 1 aromatic heterocycles. The quantitative estimate of drug-likeness (QED) is 0.646. The van der Waals surface area contributed by atoms with Gasteiger partial charge >= 0.3 is 12.1 Å². The summed E-state index contributed by atoms with van der Waals surface area (Å²) >= 11 is 1.23. The third-order valence-electron chi connectivity index (χ3n) is 1.91. The second-order valence-electron chi connectivity index (χ2n) is 3.22. The van der Waals surface area contributed by atoms with E-state index in [2.05, 4.69) is 4.98 Å². The van der Waals surface area contributed by atoms with Crippen LogP contribution < -0.4 is 0 Å². The van der Waals surface area contributed by atoms with Crippen molar-refractivity contribution in [2.45, 2.75) is 19.0 Å². The number of aromatic nitrogens is 1. The minimum atomic E-state index is -4.82. The maximum atomic E-state index is 12.6. The summed E-state index contributed by atoms with van der Waals surface area (Å²) in [4.78, 5) is 13.4. The second kappa shape index (κ2) is 5.33. The third kappa shape index (κ3) is 3.50. The van der Waals surface area contributed by atoms with Crippen LogP contribution >= 0.6 is 22.6 Å². The highest BCUT2D eigenvalue weighted by Crippen LogP contribution is 2.34. The van der Waals surface area contributed by atoms with Gasteiger partial charge in [-0.2, -0.15) is 13.2 Å². The number of aliphatic carboxylic acids is 1. The Labute approximate surface area is 111 Å². The Morgan fingerprint density at radius 2 is 2.00 bits per heavy atom. The number of carboxylic acids is 1. The molecule has 1 rings (SSSR count). The van der Waals surface area contributed by atoms with Crippen molar-refractivity contribution in [1.82, 2.24) is 4.98 Å². The lowest BCUT2D eigenvalue weighted by molar-refractivity contribution is -0.142. The van der Waals surface area contributed by atoms with Crippen LogP contribution in [0.3, 0.4) is 0 Å². The van der Waals surface area contributed by atoms with Crippen molar-refractivity contribution in [1.29, 1.82) is 0 Å². The van der Waals surface area contributed by atoms with Crippen molar-refractivity contribution in [3.05, 3.63) is 26.6 Å². The van der Waals surface area contributed by atoms with Gasteiger partial charge < -0.3 is 5.11 Å². The summed E-state index contributed by atoms with van der Waals surface area (Å²) in [5.41, 5.74) is -2.93. The number of rotatable bonds is 3. The van der Waals surface area contributed by atoms with E-state index in [-0.39, 0.29) is 0 Å². The fraction of sp³-hybridized carbons (Fsp3) is 0.333. The first-order valence-corrected chi connectivity index (χ1v) is 5.47. The van der Waals surface area contributed by atoms with Gasteiger partial charge in [0.15, 0.2) is 5.69 Å². The first-order chi connectivity index (χ1) is 8.12. The Bertz CT molecular complexity index is 475. The van der Waals surface area contributed by atoms with Crippen molar-refractivity contribution in [2.24, 2.45) is 0 Å². The minimum Gasteiger partial charge on any atom is -0.481 e. The van der Waals surface area contributed by atoms with Crippen LogP contribution in [0.5, 0.6) is 0 Å². The molecule has 0 aliphatic carbocycles. The number of hydrogen-bond acceptors (Lipinski definition) is 2. The fourth-order valence-electron chi connectivity index (χ4n) is 1.21. The molecule has 0 unspecified atom stereocenters. The van der Waals surface area contributed by atoms with E-state index in [0.29, 0.717) is 6.07 Å². The Morgan fingerprint density at radius 3 is 2.39 bits per heavy atom. The topological polar surface area (TPSA) is 50.2 Å². The smallest absolute Gasteiger partial charge is 0.434 e. The summed E-state index contributed by atoms with van der Waals surface area (Å²) < 4.78 is 62.1. The van der Waals surface area contributed by atoms with Gasteiger partial charge in [-0.05, 0) is 28.7 Å². The van der Waals surface area contributed by atoms with E-state index in [4.69, 9.17) is 5.11 Å². The molecule has 0 saturated carbocycles. The molecule has 0 amide bonds. The normalized spacial score (nSPS) is 11.9. The molecule has 0 saturated heterocycles. The highest BCUT2D eigenvalue weighted by atomic mass is 127. The molecule has 100 valence electrons. The van der Waals surface area contributed by atoms with Crippen LogP contribution in [0.4, 0.5) is 22.0 Å². The Morgan fingerprint density at radius 1 is 1.44 bits per heavy atom. The lowest BCUT2D eigenvalue weighted by atomic mass is 10.1. The van der Waals surface area contributed by atoms with Crippen LogP contribution in [0, 0.1) is 3.57 Å². The molecule has 0 radical (unpaired) electrons. The molecule has 0 aliphatic rings. The summed E-state index contributed by atoms with van der Waals surface area (Å²) in [7, 11) is 0. The lowest BCUT2D eigenvalue weighted by Gasteiger charge is -2.13. The second-order valence-corrected chi connectivity index (χ2v) is 4.39. The summed E-state index contributed by atoms with van der Waals surface area (Å²) in [5, 5.41) is 8.47. The highest BCUT2D eigenvalue weighted by molar-refractivity contribution is 14.1. The van der Waals surface area contributed by atoms with Gasteiger partial charge in [-0.25, -0.2) is 13.8 Å². The van der Waals surface area contributed by atoms with Crippen molar-refractivity contribution >= 4 is 28.6 Å². The molecule has 0 spiro atoms. The zero-order chi connectivity index (χ0) is 14.1. The van der Waals surface area contributed by atoms with Gasteiger partial charge in [0.05, 0.1) is 12.1 Å². The Balaban J connectivity index is 3.40. The van der Waals surface area contributed by atoms with Gasteiger partial charge in [-0.3, -0.25) is 4.79 Å². The lowest BCUT2D eigenvalue weighted by Crippen LogP contribution is -2.16. The SMILES string of the molecule is O=C(O)Cc1nc(C(F)(F)F)c(I)cc1C(F)F. The Hall–Kier alpha value is -1.00. The van der Waals surface area contributed by atoms with Crippen LogP contribution in [0.2, 0.25) is 0 Å². The van der Waals surface area contributed by atoms with Gasteiger partial charge in [0.25, 0.3) is 6.43 Å². The number of hydrogen-bond donors (Lipinski definition) is 1. The average molecular weight is 381 g/mol. The molecule has 3 nitrogen and oxygen atoms in total. The molecular weight excluding hydrogens is 376 g/mol. The fourth-order valence-corrected chi connectivity index (χ4v) is 1.98. The minimum absolute atomic E-state index is 0.496. The zero-order valence-corrected chi connectivity index (χ0v) is 10.6. The number of nitrogens with zero attached hydrogens (tertiary/aromatic N) is 1. The van der Waals surface area contributed by atoms with Crippen molar-refractivity contribution in [2.75, 3.05) is 0 Å². The van der Waals surface area contributed by atoms with Gasteiger partial charge in [0, 0.05) is 9.13 Å². The average Bonchev–Trinajstić information content (AvgIpc) is 2.17. The largest absolute Gasteiger partial charge is 0.481 e. The zero-order valence-electron chi connectivity index (χ0n) is 8.43. The number of halogens is 6. The molecule has 18 heavy (non-hydrogen) atoms. The van der Waals surface area contributed by atoms with Crippen molar-refractivity contribution in [3.63, 3.8) is 0 Å². The molecule has 0 fully saturated rings. The monoisotopic (exact) mass is 381 g/mol.